The summed E-state index contributed by atoms with van der Waals surface area (Å²) in [7, 11) is 0. The monoisotopic (exact) mass is 526 g/mol. The summed E-state index contributed by atoms with van der Waals surface area (Å²) in [5, 5.41) is 0. The van der Waals surface area contributed by atoms with Crippen molar-refractivity contribution in [3.8, 4) is 5.75 Å². The number of piperazine rings is 1. The van der Waals surface area contributed by atoms with E-state index in [0.717, 1.165) is 33.2 Å². The summed E-state index contributed by atoms with van der Waals surface area (Å²) in [5.41, 5.74) is 2.17. The van der Waals surface area contributed by atoms with Gasteiger partial charge in [-0.2, -0.15) is 0 Å². The van der Waals surface area contributed by atoms with Crippen LogP contribution in [0, 0.1) is 12.7 Å². The first-order valence-corrected chi connectivity index (χ1v) is 11.2. The van der Waals surface area contributed by atoms with Crippen molar-refractivity contribution in [1.82, 2.24) is 9.80 Å². The lowest BCUT2D eigenvalue weighted by atomic mass is 10.1. The smallest absolute Gasteiger partial charge is 0.260 e. The van der Waals surface area contributed by atoms with E-state index in [4.69, 9.17) is 4.74 Å². The van der Waals surface area contributed by atoms with E-state index < -0.39 is 0 Å². The van der Waals surface area contributed by atoms with Crippen molar-refractivity contribution in [1.29, 1.82) is 0 Å². The summed E-state index contributed by atoms with van der Waals surface area (Å²) < 4.78 is 20.6. The minimum absolute atomic E-state index is 0.00468. The molecule has 0 spiro atoms. The molecule has 4 nitrogen and oxygen atoms in total. The Kier molecular flexibility index (Phi) is 7.35. The molecule has 1 aliphatic rings. The van der Waals surface area contributed by atoms with Gasteiger partial charge in [0.25, 0.3) is 5.91 Å². The Balaban J connectivity index is 1.59. The van der Waals surface area contributed by atoms with Gasteiger partial charge in [-0.15, -0.1) is 0 Å². The van der Waals surface area contributed by atoms with Crippen LogP contribution in [0.5, 0.6) is 5.75 Å². The van der Waals surface area contributed by atoms with Crippen LogP contribution >= 0.6 is 31.9 Å². The highest BCUT2D eigenvalue weighted by Gasteiger charge is 2.32. The summed E-state index contributed by atoms with van der Waals surface area (Å²) in [4.78, 5) is 17.0. The molecule has 0 unspecified atom stereocenters. The predicted molar refractivity (Wildman–Crippen MR) is 120 cm³/mol. The van der Waals surface area contributed by atoms with Crippen LogP contribution in [0.4, 0.5) is 4.39 Å². The lowest BCUT2D eigenvalue weighted by molar-refractivity contribution is -0.139. The van der Waals surface area contributed by atoms with Gasteiger partial charge in [0.1, 0.15) is 11.6 Å². The van der Waals surface area contributed by atoms with Crippen molar-refractivity contribution >= 4 is 37.8 Å². The maximum absolute atomic E-state index is 13.1. The van der Waals surface area contributed by atoms with Crippen LogP contribution in [0.25, 0.3) is 0 Å². The number of benzene rings is 2. The molecule has 1 heterocycles. The number of halogens is 3. The highest BCUT2D eigenvalue weighted by Crippen LogP contribution is 2.34. The molecular weight excluding hydrogens is 503 g/mol. The van der Waals surface area contributed by atoms with Gasteiger partial charge in [0.2, 0.25) is 0 Å². The third kappa shape index (κ3) is 5.58. The van der Waals surface area contributed by atoms with E-state index in [0.29, 0.717) is 12.3 Å². The Hall–Kier alpha value is -1.44. The molecule has 0 saturated carbocycles. The van der Waals surface area contributed by atoms with Crippen molar-refractivity contribution in [3.63, 3.8) is 0 Å². The average Bonchev–Trinajstić information content (AvgIpc) is 2.65. The summed E-state index contributed by atoms with van der Waals surface area (Å²) in [6, 6.07) is 10.8. The van der Waals surface area contributed by atoms with Crippen LogP contribution in [0.3, 0.4) is 0 Å². The molecule has 3 rings (SSSR count). The zero-order valence-corrected chi connectivity index (χ0v) is 20.0. The van der Waals surface area contributed by atoms with Gasteiger partial charge in [-0.1, -0.05) is 12.1 Å². The largest absolute Gasteiger partial charge is 0.481 e. The molecule has 156 valence electrons. The highest BCUT2D eigenvalue weighted by molar-refractivity contribution is 9.11. The first-order valence-electron chi connectivity index (χ1n) is 9.61. The van der Waals surface area contributed by atoms with E-state index in [1.807, 2.05) is 36.1 Å². The molecule has 0 bridgehead atoms. The second-order valence-corrected chi connectivity index (χ2v) is 9.36. The van der Waals surface area contributed by atoms with Crippen LogP contribution in [-0.2, 0) is 11.3 Å². The minimum atomic E-state index is -0.225. The molecule has 1 fully saturated rings. The van der Waals surface area contributed by atoms with Gasteiger partial charge in [0.05, 0.1) is 8.95 Å². The molecule has 0 aromatic heterocycles. The fraction of sp³-hybridized carbons (Fsp3) is 0.409. The van der Waals surface area contributed by atoms with Crippen LogP contribution in [0.2, 0.25) is 0 Å². The molecule has 1 aliphatic heterocycles. The van der Waals surface area contributed by atoms with Crippen LogP contribution in [0.1, 0.15) is 25.0 Å². The third-order valence-electron chi connectivity index (χ3n) is 5.22. The first-order chi connectivity index (χ1) is 13.7. The van der Waals surface area contributed by atoms with Crippen molar-refractivity contribution in [2.75, 3.05) is 19.7 Å². The van der Waals surface area contributed by atoms with E-state index in [1.54, 1.807) is 0 Å². The van der Waals surface area contributed by atoms with Gasteiger partial charge in [0.15, 0.2) is 6.61 Å². The van der Waals surface area contributed by atoms with Gasteiger partial charge in [-0.3, -0.25) is 9.69 Å². The number of amides is 1. The lowest BCUT2D eigenvalue weighted by Crippen LogP contribution is -2.58. The SMILES string of the molecule is Cc1cc(Br)c(OCC(=O)N2C[C@H](C)N(Cc3ccc(F)cc3)C[C@H]2C)c(Br)c1. The normalized spacial score (nSPS) is 20.0. The first kappa shape index (κ1) is 22.2. The number of nitrogens with zero attached hydrogens (tertiary/aromatic N) is 2. The van der Waals surface area contributed by atoms with Gasteiger partial charge in [-0.05, 0) is 88.0 Å². The Morgan fingerprint density at radius 3 is 2.34 bits per heavy atom. The van der Waals surface area contributed by atoms with Crippen molar-refractivity contribution in [2.24, 2.45) is 0 Å². The summed E-state index contributed by atoms with van der Waals surface area (Å²) in [6.45, 7) is 8.31. The molecule has 1 amide bonds. The second kappa shape index (κ2) is 9.58. The fourth-order valence-corrected chi connectivity index (χ4v) is 5.28. The number of hydrogen-bond acceptors (Lipinski definition) is 3. The van der Waals surface area contributed by atoms with Crippen molar-refractivity contribution < 1.29 is 13.9 Å². The number of ether oxygens (including phenoxy) is 1. The minimum Gasteiger partial charge on any atom is -0.481 e. The highest BCUT2D eigenvalue weighted by atomic mass is 79.9. The van der Waals surface area contributed by atoms with Gasteiger partial charge < -0.3 is 9.64 Å². The van der Waals surface area contributed by atoms with Crippen LogP contribution in [0.15, 0.2) is 45.3 Å². The zero-order chi connectivity index (χ0) is 21.1. The molecule has 2 aromatic carbocycles. The average molecular weight is 528 g/mol. The Morgan fingerprint density at radius 2 is 1.72 bits per heavy atom. The number of hydrogen-bond donors (Lipinski definition) is 0. The summed E-state index contributed by atoms with van der Waals surface area (Å²) >= 11 is 7.00. The lowest BCUT2D eigenvalue weighted by Gasteiger charge is -2.44. The third-order valence-corrected chi connectivity index (χ3v) is 6.40. The predicted octanol–water partition coefficient (Wildman–Crippen LogP) is 5.16. The van der Waals surface area contributed by atoms with Gasteiger partial charge >= 0.3 is 0 Å². The van der Waals surface area contributed by atoms with Crippen molar-refractivity contribution in [2.45, 2.75) is 39.4 Å². The van der Waals surface area contributed by atoms with E-state index >= 15 is 0 Å². The Morgan fingerprint density at radius 1 is 1.10 bits per heavy atom. The maximum Gasteiger partial charge on any atom is 0.260 e. The van der Waals surface area contributed by atoms with E-state index in [-0.39, 0.29) is 30.4 Å². The second-order valence-electron chi connectivity index (χ2n) is 7.65. The fourth-order valence-electron chi connectivity index (χ4n) is 3.63. The molecule has 0 radical (unpaired) electrons. The van der Waals surface area contributed by atoms with E-state index in [1.165, 1.54) is 12.1 Å². The van der Waals surface area contributed by atoms with Crippen LogP contribution < -0.4 is 4.74 Å². The Bertz CT molecular complexity index is 853. The number of carbonyl (C=O) groups is 1. The molecule has 2 atom stereocenters. The summed E-state index contributed by atoms with van der Waals surface area (Å²) in [5.74, 6) is 0.391. The molecular formula is C22H25Br2FN2O2. The number of rotatable bonds is 5. The van der Waals surface area contributed by atoms with E-state index in [2.05, 4.69) is 50.6 Å². The summed E-state index contributed by atoms with van der Waals surface area (Å²) in [6.07, 6.45) is 0. The quantitative estimate of drug-likeness (QED) is 0.538. The van der Waals surface area contributed by atoms with Gasteiger partial charge in [0, 0.05) is 31.7 Å². The molecule has 0 aliphatic carbocycles. The Labute approximate surface area is 188 Å². The number of aryl methyl sites for hydroxylation is 1. The zero-order valence-electron chi connectivity index (χ0n) is 16.8. The molecule has 2 aromatic rings. The molecule has 7 heteroatoms. The maximum atomic E-state index is 13.1. The van der Waals surface area contributed by atoms with Gasteiger partial charge in [-0.25, -0.2) is 4.39 Å². The van der Waals surface area contributed by atoms with Crippen LogP contribution in [-0.4, -0.2) is 47.5 Å². The molecule has 29 heavy (non-hydrogen) atoms. The molecule has 1 saturated heterocycles. The van der Waals surface area contributed by atoms with Crippen molar-refractivity contribution in [3.05, 3.63) is 62.3 Å². The topological polar surface area (TPSA) is 32.8 Å². The molecule has 0 N–H and O–H groups in total. The standard InChI is InChI=1S/C22H25Br2FN2O2/c1-14-8-19(23)22(20(24)9-14)29-13-21(28)27-11-15(2)26(10-16(27)3)12-17-4-6-18(25)7-5-17/h4-9,15-16H,10-13H2,1-3H3/t15-,16+/m0/s1. The number of carbonyl (C=O) groups excluding carboxylic acids is 1. The van der Waals surface area contributed by atoms with E-state index in [9.17, 15) is 9.18 Å².